The second-order valence-corrected chi connectivity index (χ2v) is 6.69. The maximum atomic E-state index is 13.0. The van der Waals surface area contributed by atoms with Crippen LogP contribution in [0, 0.1) is 5.82 Å². The largest absolute Gasteiger partial charge is 0.444 e. The number of aromatic nitrogens is 1. The zero-order valence-electron chi connectivity index (χ0n) is 12.8. The van der Waals surface area contributed by atoms with Gasteiger partial charge in [0, 0.05) is 5.56 Å². The Morgan fingerprint density at radius 1 is 1.26 bits per heavy atom. The van der Waals surface area contributed by atoms with E-state index in [1.807, 2.05) is 0 Å². The van der Waals surface area contributed by atoms with Crippen molar-refractivity contribution in [2.45, 2.75) is 26.4 Å². The molecule has 1 heterocycles. The van der Waals surface area contributed by atoms with Crippen molar-refractivity contribution in [2.75, 3.05) is 5.32 Å². The Bertz CT molecular complexity index is 735. The van der Waals surface area contributed by atoms with E-state index in [2.05, 4.69) is 10.3 Å². The average molecular weight is 337 g/mol. The van der Waals surface area contributed by atoms with Crippen molar-refractivity contribution in [2.24, 2.45) is 5.73 Å². The fourth-order valence-electron chi connectivity index (χ4n) is 1.73. The number of rotatable bonds is 3. The molecule has 23 heavy (non-hydrogen) atoms. The Balaban J connectivity index is 2.30. The van der Waals surface area contributed by atoms with Gasteiger partial charge in [-0.2, -0.15) is 0 Å². The van der Waals surface area contributed by atoms with Crippen LogP contribution < -0.4 is 11.1 Å². The molecular weight excluding hydrogens is 321 g/mol. The lowest BCUT2D eigenvalue weighted by Crippen LogP contribution is -2.27. The molecule has 2 rings (SSSR count). The third kappa shape index (κ3) is 4.49. The van der Waals surface area contributed by atoms with Crippen molar-refractivity contribution in [1.82, 2.24) is 4.98 Å². The van der Waals surface area contributed by atoms with Gasteiger partial charge in [-0.25, -0.2) is 14.2 Å². The number of primary amides is 1. The van der Waals surface area contributed by atoms with E-state index in [9.17, 15) is 14.0 Å². The molecule has 0 bridgehead atoms. The zero-order chi connectivity index (χ0) is 17.2. The van der Waals surface area contributed by atoms with Gasteiger partial charge in [-0.3, -0.25) is 10.1 Å². The monoisotopic (exact) mass is 337 g/mol. The van der Waals surface area contributed by atoms with Gasteiger partial charge in [-0.15, -0.1) is 0 Å². The number of hydrogen-bond acceptors (Lipinski definition) is 5. The van der Waals surface area contributed by atoms with Crippen LogP contribution in [-0.4, -0.2) is 22.6 Å². The molecule has 0 aliphatic carbocycles. The number of thiazole rings is 1. The summed E-state index contributed by atoms with van der Waals surface area (Å²) in [5.74, 6) is -1.09. The fourth-order valence-corrected chi connectivity index (χ4v) is 2.56. The second-order valence-electron chi connectivity index (χ2n) is 5.69. The van der Waals surface area contributed by atoms with E-state index in [1.54, 1.807) is 20.8 Å². The van der Waals surface area contributed by atoms with Crippen molar-refractivity contribution in [1.29, 1.82) is 0 Å². The number of nitrogens with zero attached hydrogens (tertiary/aromatic N) is 1. The lowest BCUT2D eigenvalue weighted by molar-refractivity contribution is 0.0635. The number of anilines is 1. The summed E-state index contributed by atoms with van der Waals surface area (Å²) in [6, 6.07) is 5.46. The first-order valence-corrected chi connectivity index (χ1v) is 7.54. The molecule has 0 saturated carbocycles. The summed E-state index contributed by atoms with van der Waals surface area (Å²) in [5.41, 5.74) is 5.49. The van der Waals surface area contributed by atoms with Crippen LogP contribution in [0.15, 0.2) is 24.3 Å². The molecule has 0 fully saturated rings. The minimum absolute atomic E-state index is 0.169. The molecule has 122 valence electrons. The van der Waals surface area contributed by atoms with Crippen molar-refractivity contribution < 1.29 is 18.7 Å². The van der Waals surface area contributed by atoms with Gasteiger partial charge in [0.15, 0.2) is 5.13 Å². The van der Waals surface area contributed by atoms with Crippen molar-refractivity contribution in [3.63, 3.8) is 0 Å². The SMILES string of the molecule is CC(C)(C)OC(=O)Nc1nc(-c2ccc(F)cc2)c(C(N)=O)s1. The zero-order valence-corrected chi connectivity index (χ0v) is 13.7. The average Bonchev–Trinajstić information content (AvgIpc) is 2.81. The van der Waals surface area contributed by atoms with Crippen LogP contribution in [0.5, 0.6) is 0 Å². The number of nitrogens with two attached hydrogens (primary N) is 1. The fraction of sp³-hybridized carbons (Fsp3) is 0.267. The van der Waals surface area contributed by atoms with Crippen LogP contribution in [0.1, 0.15) is 30.4 Å². The van der Waals surface area contributed by atoms with Crippen LogP contribution in [0.2, 0.25) is 0 Å². The molecule has 0 radical (unpaired) electrons. The summed E-state index contributed by atoms with van der Waals surface area (Å²) in [6.45, 7) is 5.19. The summed E-state index contributed by atoms with van der Waals surface area (Å²) in [7, 11) is 0. The first kappa shape index (κ1) is 16.9. The number of nitrogens with one attached hydrogen (secondary N) is 1. The number of ether oxygens (including phenoxy) is 1. The summed E-state index contributed by atoms with van der Waals surface area (Å²) < 4.78 is 18.1. The lowest BCUT2D eigenvalue weighted by Gasteiger charge is -2.18. The predicted molar refractivity (Wildman–Crippen MR) is 85.9 cm³/mol. The maximum Gasteiger partial charge on any atom is 0.413 e. The third-order valence-corrected chi connectivity index (χ3v) is 3.56. The van der Waals surface area contributed by atoms with Gasteiger partial charge in [-0.1, -0.05) is 11.3 Å². The maximum absolute atomic E-state index is 13.0. The van der Waals surface area contributed by atoms with E-state index in [1.165, 1.54) is 24.3 Å². The molecule has 0 spiro atoms. The molecule has 0 aliphatic rings. The van der Waals surface area contributed by atoms with E-state index < -0.39 is 23.4 Å². The summed E-state index contributed by atoms with van der Waals surface area (Å²) in [5, 5.41) is 2.63. The Labute approximate surface area is 136 Å². The minimum Gasteiger partial charge on any atom is -0.444 e. The van der Waals surface area contributed by atoms with Gasteiger partial charge < -0.3 is 10.5 Å². The van der Waals surface area contributed by atoms with E-state index >= 15 is 0 Å². The molecule has 8 heteroatoms. The third-order valence-electron chi connectivity index (χ3n) is 2.58. The molecular formula is C15H16FN3O3S. The number of benzene rings is 1. The molecule has 1 aromatic heterocycles. The normalized spacial score (nSPS) is 11.1. The van der Waals surface area contributed by atoms with Gasteiger partial charge in [0.1, 0.15) is 16.3 Å². The molecule has 3 N–H and O–H groups in total. The first-order valence-electron chi connectivity index (χ1n) is 6.72. The van der Waals surface area contributed by atoms with Crippen molar-refractivity contribution in [3.8, 4) is 11.3 Å². The smallest absolute Gasteiger partial charge is 0.413 e. The van der Waals surface area contributed by atoms with E-state index in [4.69, 9.17) is 10.5 Å². The topological polar surface area (TPSA) is 94.3 Å². The highest BCUT2D eigenvalue weighted by Crippen LogP contribution is 2.31. The summed E-state index contributed by atoms with van der Waals surface area (Å²) in [6.07, 6.45) is -0.687. The number of hydrogen-bond donors (Lipinski definition) is 2. The van der Waals surface area contributed by atoms with Crippen LogP contribution in [0.4, 0.5) is 14.3 Å². The number of amides is 2. The van der Waals surface area contributed by atoms with E-state index in [0.717, 1.165) is 11.3 Å². The molecule has 1 aromatic carbocycles. The standard InChI is InChI=1S/C15H16FN3O3S/c1-15(2,3)22-14(21)19-13-18-10(11(23-13)12(17)20)8-4-6-9(16)7-5-8/h4-7H,1-3H3,(H2,17,20)(H,18,19,21). The Hall–Kier alpha value is -2.48. The number of carbonyl (C=O) groups excluding carboxylic acids is 2. The molecule has 0 saturated heterocycles. The summed E-state index contributed by atoms with van der Waals surface area (Å²) >= 11 is 0.930. The molecule has 2 amide bonds. The number of halogens is 1. The van der Waals surface area contributed by atoms with Gasteiger partial charge in [-0.05, 0) is 45.0 Å². The first-order chi connectivity index (χ1) is 10.7. The Morgan fingerprint density at radius 3 is 2.39 bits per heavy atom. The van der Waals surface area contributed by atoms with Crippen LogP contribution in [0.25, 0.3) is 11.3 Å². The Kier molecular flexibility index (Phi) is 4.65. The second kappa shape index (κ2) is 6.33. The molecule has 0 unspecified atom stereocenters. The highest BCUT2D eigenvalue weighted by molar-refractivity contribution is 7.18. The lowest BCUT2D eigenvalue weighted by atomic mass is 10.1. The van der Waals surface area contributed by atoms with Gasteiger partial charge >= 0.3 is 6.09 Å². The van der Waals surface area contributed by atoms with Crippen molar-refractivity contribution >= 4 is 28.5 Å². The minimum atomic E-state index is -0.687. The van der Waals surface area contributed by atoms with E-state index in [0.29, 0.717) is 5.56 Å². The quantitative estimate of drug-likeness (QED) is 0.897. The molecule has 2 aromatic rings. The van der Waals surface area contributed by atoms with Gasteiger partial charge in [0.2, 0.25) is 0 Å². The highest BCUT2D eigenvalue weighted by atomic mass is 32.1. The van der Waals surface area contributed by atoms with E-state index in [-0.39, 0.29) is 15.7 Å². The molecule has 0 aliphatic heterocycles. The van der Waals surface area contributed by atoms with Gasteiger partial charge in [0.25, 0.3) is 5.91 Å². The summed E-state index contributed by atoms with van der Waals surface area (Å²) in [4.78, 5) is 27.7. The van der Waals surface area contributed by atoms with Crippen LogP contribution >= 0.6 is 11.3 Å². The van der Waals surface area contributed by atoms with Crippen LogP contribution in [0.3, 0.4) is 0 Å². The molecule has 6 nitrogen and oxygen atoms in total. The van der Waals surface area contributed by atoms with Crippen molar-refractivity contribution in [3.05, 3.63) is 35.0 Å². The highest BCUT2D eigenvalue weighted by Gasteiger charge is 2.21. The predicted octanol–water partition coefficient (Wildman–Crippen LogP) is 3.40. The van der Waals surface area contributed by atoms with Crippen LogP contribution in [-0.2, 0) is 4.74 Å². The molecule has 0 atom stereocenters. The van der Waals surface area contributed by atoms with Gasteiger partial charge in [0.05, 0.1) is 5.69 Å². The number of carbonyl (C=O) groups is 2. The Morgan fingerprint density at radius 2 is 1.87 bits per heavy atom.